The second-order valence-electron chi connectivity index (χ2n) is 2.13. The second kappa shape index (κ2) is 3.98. The molecule has 0 bridgehead atoms. The SMILES string of the molecule is CCOc1ccc([CH]O)cc1. The van der Waals surface area contributed by atoms with Crippen LogP contribution < -0.4 is 4.74 Å². The van der Waals surface area contributed by atoms with E-state index in [2.05, 4.69) is 0 Å². The molecule has 0 atom stereocenters. The lowest BCUT2D eigenvalue weighted by Crippen LogP contribution is -1.90. The lowest BCUT2D eigenvalue weighted by molar-refractivity contribution is 0.340. The number of benzene rings is 1. The second-order valence-corrected chi connectivity index (χ2v) is 2.13. The van der Waals surface area contributed by atoms with E-state index in [1.54, 1.807) is 12.1 Å². The molecule has 1 aromatic rings. The fraction of sp³-hybridized carbons (Fsp3) is 0.222. The Kier molecular flexibility index (Phi) is 2.93. The van der Waals surface area contributed by atoms with Gasteiger partial charge in [-0.2, -0.15) is 0 Å². The minimum atomic E-state index is 0.669. The molecule has 1 rings (SSSR count). The number of rotatable bonds is 3. The molecule has 0 heterocycles. The third kappa shape index (κ3) is 2.24. The first-order valence-corrected chi connectivity index (χ1v) is 3.57. The minimum Gasteiger partial charge on any atom is -0.494 e. The van der Waals surface area contributed by atoms with Gasteiger partial charge >= 0.3 is 0 Å². The molecule has 1 N–H and O–H groups in total. The van der Waals surface area contributed by atoms with Crippen LogP contribution >= 0.6 is 0 Å². The Morgan fingerprint density at radius 2 is 2.00 bits per heavy atom. The van der Waals surface area contributed by atoms with E-state index < -0.39 is 0 Å². The molecule has 0 aliphatic heterocycles. The largest absolute Gasteiger partial charge is 0.494 e. The van der Waals surface area contributed by atoms with Crippen molar-refractivity contribution in [2.45, 2.75) is 6.92 Å². The van der Waals surface area contributed by atoms with Crippen molar-refractivity contribution in [3.63, 3.8) is 0 Å². The van der Waals surface area contributed by atoms with Gasteiger partial charge in [0.25, 0.3) is 0 Å². The third-order valence-corrected chi connectivity index (χ3v) is 1.34. The maximum atomic E-state index is 8.59. The van der Waals surface area contributed by atoms with Crippen LogP contribution in [0.25, 0.3) is 0 Å². The quantitative estimate of drug-likeness (QED) is 0.715. The van der Waals surface area contributed by atoms with Gasteiger partial charge in [-0.05, 0) is 24.6 Å². The van der Waals surface area contributed by atoms with Gasteiger partial charge in [-0.15, -0.1) is 0 Å². The van der Waals surface area contributed by atoms with E-state index in [1.165, 1.54) is 0 Å². The van der Waals surface area contributed by atoms with Crippen LogP contribution in [-0.4, -0.2) is 11.7 Å². The summed E-state index contributed by atoms with van der Waals surface area (Å²) < 4.78 is 5.21. The van der Waals surface area contributed by atoms with Gasteiger partial charge in [0.2, 0.25) is 0 Å². The first-order valence-electron chi connectivity index (χ1n) is 3.57. The van der Waals surface area contributed by atoms with E-state index in [0.29, 0.717) is 6.61 Å². The van der Waals surface area contributed by atoms with Crippen LogP contribution in [0.1, 0.15) is 12.5 Å². The van der Waals surface area contributed by atoms with Crippen molar-refractivity contribution in [2.24, 2.45) is 0 Å². The molecular formula is C9H11O2. The van der Waals surface area contributed by atoms with E-state index in [0.717, 1.165) is 17.9 Å². The summed E-state index contributed by atoms with van der Waals surface area (Å²) in [5.74, 6) is 0.832. The molecule has 0 aliphatic rings. The Balaban J connectivity index is 2.66. The summed E-state index contributed by atoms with van der Waals surface area (Å²) in [5.41, 5.74) is 0.786. The van der Waals surface area contributed by atoms with E-state index in [-0.39, 0.29) is 0 Å². The lowest BCUT2D eigenvalue weighted by Gasteiger charge is -2.02. The minimum absolute atomic E-state index is 0.669. The monoisotopic (exact) mass is 151 g/mol. The summed E-state index contributed by atoms with van der Waals surface area (Å²) in [7, 11) is 0. The predicted octanol–water partition coefficient (Wildman–Crippen LogP) is 1.97. The Hall–Kier alpha value is -1.02. The number of aliphatic hydroxyl groups is 1. The molecule has 0 saturated carbocycles. The number of hydrogen-bond donors (Lipinski definition) is 1. The summed E-state index contributed by atoms with van der Waals surface area (Å²) in [6, 6.07) is 7.24. The standard InChI is InChI=1S/C9H11O2/c1-2-11-9-5-3-8(7-10)4-6-9/h3-7,10H,2H2,1H3. The van der Waals surface area contributed by atoms with Crippen molar-refractivity contribution in [2.75, 3.05) is 6.61 Å². The summed E-state index contributed by atoms with van der Waals surface area (Å²) in [5, 5.41) is 8.59. The van der Waals surface area contributed by atoms with Gasteiger partial charge < -0.3 is 9.84 Å². The molecule has 0 unspecified atom stereocenters. The van der Waals surface area contributed by atoms with Crippen molar-refractivity contribution in [1.82, 2.24) is 0 Å². The molecule has 11 heavy (non-hydrogen) atoms. The average Bonchev–Trinajstić information content (AvgIpc) is 2.07. The molecule has 59 valence electrons. The predicted molar refractivity (Wildman–Crippen MR) is 42.9 cm³/mol. The first kappa shape index (κ1) is 8.08. The highest BCUT2D eigenvalue weighted by Crippen LogP contribution is 2.11. The summed E-state index contributed by atoms with van der Waals surface area (Å²) in [6.45, 7) is 3.67. The Labute approximate surface area is 66.4 Å². The van der Waals surface area contributed by atoms with E-state index in [9.17, 15) is 0 Å². The van der Waals surface area contributed by atoms with Crippen LogP contribution in [0.2, 0.25) is 0 Å². The number of ether oxygens (including phenoxy) is 1. The van der Waals surface area contributed by atoms with Crippen LogP contribution in [-0.2, 0) is 0 Å². The molecule has 0 saturated heterocycles. The van der Waals surface area contributed by atoms with Gasteiger partial charge in [-0.1, -0.05) is 12.1 Å². The van der Waals surface area contributed by atoms with Crippen LogP contribution in [0.3, 0.4) is 0 Å². The molecule has 2 nitrogen and oxygen atoms in total. The van der Waals surface area contributed by atoms with Crippen LogP contribution in [0.15, 0.2) is 24.3 Å². The Bertz CT molecular complexity index is 203. The van der Waals surface area contributed by atoms with Crippen molar-refractivity contribution < 1.29 is 9.84 Å². The van der Waals surface area contributed by atoms with Crippen molar-refractivity contribution in [1.29, 1.82) is 0 Å². The molecular weight excluding hydrogens is 140 g/mol. The van der Waals surface area contributed by atoms with Crippen LogP contribution in [0.4, 0.5) is 0 Å². The van der Waals surface area contributed by atoms with Crippen LogP contribution in [0, 0.1) is 6.61 Å². The first-order chi connectivity index (χ1) is 5.36. The molecule has 0 aromatic heterocycles. The summed E-state index contributed by atoms with van der Waals surface area (Å²) >= 11 is 0. The lowest BCUT2D eigenvalue weighted by atomic mass is 10.2. The maximum absolute atomic E-state index is 8.59. The highest BCUT2D eigenvalue weighted by atomic mass is 16.5. The molecule has 1 aromatic carbocycles. The maximum Gasteiger partial charge on any atom is 0.119 e. The van der Waals surface area contributed by atoms with Gasteiger partial charge in [-0.3, -0.25) is 0 Å². The molecule has 0 fully saturated rings. The summed E-state index contributed by atoms with van der Waals surface area (Å²) in [4.78, 5) is 0. The topological polar surface area (TPSA) is 29.5 Å². The van der Waals surface area contributed by atoms with E-state index in [1.807, 2.05) is 19.1 Å². The normalized spacial score (nSPS) is 9.64. The molecule has 0 amide bonds. The zero-order chi connectivity index (χ0) is 8.10. The molecule has 0 spiro atoms. The fourth-order valence-corrected chi connectivity index (χ4v) is 0.817. The smallest absolute Gasteiger partial charge is 0.119 e. The van der Waals surface area contributed by atoms with Gasteiger partial charge in [-0.25, -0.2) is 0 Å². The zero-order valence-electron chi connectivity index (χ0n) is 6.45. The van der Waals surface area contributed by atoms with Crippen molar-refractivity contribution >= 4 is 0 Å². The molecule has 2 heteroatoms. The molecule has 0 aliphatic carbocycles. The van der Waals surface area contributed by atoms with E-state index in [4.69, 9.17) is 9.84 Å². The van der Waals surface area contributed by atoms with Crippen molar-refractivity contribution in [3.05, 3.63) is 36.4 Å². The third-order valence-electron chi connectivity index (χ3n) is 1.34. The highest BCUT2D eigenvalue weighted by molar-refractivity contribution is 5.29. The van der Waals surface area contributed by atoms with Crippen molar-refractivity contribution in [3.8, 4) is 5.75 Å². The highest BCUT2D eigenvalue weighted by Gasteiger charge is 1.91. The van der Waals surface area contributed by atoms with Gasteiger partial charge in [0, 0.05) is 0 Å². The van der Waals surface area contributed by atoms with Crippen LogP contribution in [0.5, 0.6) is 5.75 Å². The zero-order valence-corrected chi connectivity index (χ0v) is 6.45. The summed E-state index contributed by atoms with van der Waals surface area (Å²) in [6.07, 6.45) is 0. The van der Waals surface area contributed by atoms with Gasteiger partial charge in [0.05, 0.1) is 6.61 Å². The van der Waals surface area contributed by atoms with Gasteiger partial charge in [0.15, 0.2) is 0 Å². The fourth-order valence-electron chi connectivity index (χ4n) is 0.817. The number of aliphatic hydroxyl groups excluding tert-OH is 1. The number of hydrogen-bond acceptors (Lipinski definition) is 2. The van der Waals surface area contributed by atoms with E-state index >= 15 is 0 Å². The molecule has 1 radical (unpaired) electrons. The Morgan fingerprint density at radius 1 is 1.36 bits per heavy atom. The Morgan fingerprint density at radius 3 is 2.45 bits per heavy atom. The average molecular weight is 151 g/mol. The van der Waals surface area contributed by atoms with Gasteiger partial charge in [0.1, 0.15) is 12.4 Å².